The summed E-state index contributed by atoms with van der Waals surface area (Å²) < 4.78 is 114. The summed E-state index contributed by atoms with van der Waals surface area (Å²) in [6.07, 6.45) is -8.87. The normalized spacial score (nSPS) is 19.8. The maximum Gasteiger partial charge on any atom is 0.417 e. The smallest absolute Gasteiger partial charge is 0.358 e. The van der Waals surface area contributed by atoms with Crippen LogP contribution in [0.2, 0.25) is 0 Å². The van der Waals surface area contributed by atoms with Crippen molar-refractivity contribution in [1.29, 1.82) is 0 Å². The summed E-state index contributed by atoms with van der Waals surface area (Å²) >= 11 is 6.82. The first kappa shape index (κ1) is 28.2. The van der Waals surface area contributed by atoms with Crippen LogP contribution in [0.3, 0.4) is 0 Å². The topological polar surface area (TPSA) is 49.9 Å². The highest BCUT2D eigenvalue weighted by Gasteiger charge is 2.47. The summed E-state index contributed by atoms with van der Waals surface area (Å²) in [5.41, 5.74) is -2.80. The van der Waals surface area contributed by atoms with Gasteiger partial charge in [0.2, 0.25) is 10.0 Å². The van der Waals surface area contributed by atoms with Crippen molar-refractivity contribution in [2.45, 2.75) is 40.7 Å². The maximum atomic E-state index is 13.3. The predicted molar refractivity (Wildman–Crippen MR) is 128 cm³/mol. The lowest BCUT2D eigenvalue weighted by molar-refractivity contribution is -0.139. The van der Waals surface area contributed by atoms with Crippen LogP contribution < -0.4 is 0 Å². The molecule has 0 radical (unpaired) electrons. The molecule has 2 fully saturated rings. The van der Waals surface area contributed by atoms with Crippen molar-refractivity contribution < 1.29 is 39.5 Å². The molecule has 0 aromatic heterocycles. The lowest BCUT2D eigenvalue weighted by Crippen LogP contribution is -2.52. The van der Waals surface area contributed by atoms with Crippen molar-refractivity contribution in [3.63, 3.8) is 0 Å². The average molecular weight is 684 g/mol. The van der Waals surface area contributed by atoms with Crippen LogP contribution in [0.1, 0.15) is 24.0 Å². The number of hydrogen-bond donors (Lipinski definition) is 0. The largest absolute Gasteiger partial charge is 0.417 e. The Bertz CT molecular complexity index is 1250. The molecule has 2 heterocycles. The summed E-state index contributed by atoms with van der Waals surface area (Å²) in [5.74, 6) is 0. The Morgan fingerprint density at radius 3 is 2.00 bits per heavy atom. The molecule has 2 aromatic carbocycles. The summed E-state index contributed by atoms with van der Waals surface area (Å²) in [6, 6.07) is 6.65. The van der Waals surface area contributed by atoms with Crippen LogP contribution in [0, 0.1) is 0 Å². The highest BCUT2D eigenvalue weighted by Crippen LogP contribution is 2.44. The molecule has 0 N–H and O–H groups in total. The first-order chi connectivity index (χ1) is 16.6. The minimum atomic E-state index is -4.73. The van der Waals surface area contributed by atoms with Gasteiger partial charge in [0, 0.05) is 46.3 Å². The molecule has 0 unspecified atom stereocenters. The van der Waals surface area contributed by atoms with E-state index in [9.17, 15) is 34.8 Å². The Morgan fingerprint density at radius 1 is 0.861 bits per heavy atom. The van der Waals surface area contributed by atoms with E-state index in [1.165, 1.54) is 6.07 Å². The molecule has 0 aliphatic carbocycles. The molecule has 2 aromatic rings. The van der Waals surface area contributed by atoms with E-state index in [0.29, 0.717) is 24.1 Å². The Kier molecular flexibility index (Phi) is 7.86. The van der Waals surface area contributed by atoms with Crippen LogP contribution in [0.5, 0.6) is 0 Å². The third-order valence-electron chi connectivity index (χ3n) is 5.96. The van der Waals surface area contributed by atoms with Crippen LogP contribution in [-0.4, -0.2) is 49.0 Å². The van der Waals surface area contributed by atoms with Crippen molar-refractivity contribution in [3.05, 3.63) is 56.5 Å². The van der Waals surface area contributed by atoms with Crippen LogP contribution in [0.4, 0.5) is 26.3 Å². The molecule has 2 saturated heterocycles. The molecule has 198 valence electrons. The second-order valence-electron chi connectivity index (χ2n) is 8.17. The van der Waals surface area contributed by atoms with Crippen molar-refractivity contribution in [3.8, 4) is 0 Å². The van der Waals surface area contributed by atoms with Crippen molar-refractivity contribution in [2.24, 2.45) is 0 Å². The van der Waals surface area contributed by atoms with Crippen LogP contribution in [-0.2, 0) is 27.1 Å². The zero-order valence-electron chi connectivity index (χ0n) is 18.2. The molecule has 0 saturated carbocycles. The van der Waals surface area contributed by atoms with E-state index in [-0.39, 0.29) is 34.9 Å². The molecule has 0 amide bonds. The molecular weight excluding hydrogens is 666 g/mol. The third kappa shape index (κ3) is 5.61. The third-order valence-corrected chi connectivity index (χ3v) is 10.4. The van der Waals surface area contributed by atoms with E-state index in [1.54, 1.807) is 6.07 Å². The number of halogens is 8. The Balaban J connectivity index is 1.51. The fourth-order valence-corrected chi connectivity index (χ4v) is 7.66. The predicted octanol–water partition coefficient (Wildman–Crippen LogP) is 6.77. The molecular formula is C21H18Br2F6N2O3S2. The SMILES string of the molecule is O=S(=O)(c1ccc(Br)c(C(F)(F)F)c1)N1CCC2(CC1)OCCN2Sc1ccc(Br)c(C(F)(F)F)c1. The number of rotatable bonds is 4. The highest BCUT2D eigenvalue weighted by molar-refractivity contribution is 9.10. The zero-order chi connectivity index (χ0) is 26.5. The van der Waals surface area contributed by atoms with Gasteiger partial charge in [0.1, 0.15) is 5.72 Å². The van der Waals surface area contributed by atoms with Gasteiger partial charge in [-0.3, -0.25) is 0 Å². The van der Waals surface area contributed by atoms with Gasteiger partial charge in [0.25, 0.3) is 0 Å². The number of piperidine rings is 1. The first-order valence-electron chi connectivity index (χ1n) is 10.5. The quantitative estimate of drug-likeness (QED) is 0.263. The highest BCUT2D eigenvalue weighted by atomic mass is 79.9. The van der Waals surface area contributed by atoms with E-state index in [0.717, 1.165) is 34.5 Å². The van der Waals surface area contributed by atoms with Crippen molar-refractivity contribution in [2.75, 3.05) is 26.2 Å². The molecule has 5 nitrogen and oxygen atoms in total. The summed E-state index contributed by atoms with van der Waals surface area (Å²) in [4.78, 5) is -0.123. The Hall–Kier alpha value is -0.840. The second kappa shape index (κ2) is 10.0. The number of nitrogens with zero attached hydrogens (tertiary/aromatic N) is 2. The van der Waals surface area contributed by atoms with Gasteiger partial charge in [-0.15, -0.1) is 0 Å². The summed E-state index contributed by atoms with van der Waals surface area (Å²) in [6.45, 7) is 0.677. The monoisotopic (exact) mass is 682 g/mol. The van der Waals surface area contributed by atoms with Gasteiger partial charge in [-0.2, -0.15) is 30.6 Å². The van der Waals surface area contributed by atoms with E-state index in [4.69, 9.17) is 4.74 Å². The molecule has 2 aliphatic rings. The Morgan fingerprint density at radius 2 is 1.42 bits per heavy atom. The van der Waals surface area contributed by atoms with Gasteiger partial charge >= 0.3 is 12.4 Å². The second-order valence-corrected chi connectivity index (χ2v) is 12.9. The summed E-state index contributed by atoms with van der Waals surface area (Å²) in [5, 5.41) is 0. The van der Waals surface area contributed by atoms with E-state index in [1.807, 2.05) is 4.31 Å². The van der Waals surface area contributed by atoms with Gasteiger partial charge < -0.3 is 4.74 Å². The molecule has 4 rings (SSSR count). The molecule has 36 heavy (non-hydrogen) atoms. The van der Waals surface area contributed by atoms with Crippen LogP contribution in [0.15, 0.2) is 55.1 Å². The lowest BCUT2D eigenvalue weighted by atomic mass is 10.0. The molecule has 1 spiro atoms. The standard InChI is InChI=1S/C21H18Br2F6N2O3S2/c22-17-3-1-13(11-15(17)20(24,25)26)35-31-9-10-34-19(31)5-7-30(8-6-19)36(32,33)14-2-4-18(23)16(12-14)21(27,28)29/h1-4,11-12H,5-10H2. The lowest BCUT2D eigenvalue weighted by Gasteiger charge is -2.42. The molecule has 2 aliphatic heterocycles. The minimum absolute atomic E-state index is 0.0229. The Labute approximate surface area is 224 Å². The van der Waals surface area contributed by atoms with Gasteiger partial charge in [-0.25, -0.2) is 12.7 Å². The van der Waals surface area contributed by atoms with Gasteiger partial charge in [0.15, 0.2) is 0 Å². The molecule has 0 atom stereocenters. The molecule has 15 heteroatoms. The fourth-order valence-electron chi connectivity index (χ4n) is 4.13. The fraction of sp³-hybridized carbons (Fsp3) is 0.429. The van der Waals surface area contributed by atoms with Crippen LogP contribution >= 0.6 is 43.8 Å². The van der Waals surface area contributed by atoms with Crippen molar-refractivity contribution in [1.82, 2.24) is 8.61 Å². The maximum absolute atomic E-state index is 13.3. The van der Waals surface area contributed by atoms with E-state index >= 15 is 0 Å². The summed E-state index contributed by atoms with van der Waals surface area (Å²) in [7, 11) is -4.21. The van der Waals surface area contributed by atoms with Crippen molar-refractivity contribution >= 4 is 53.8 Å². The number of ether oxygens (including phenoxy) is 1. The van der Waals surface area contributed by atoms with Gasteiger partial charge in [-0.1, -0.05) is 31.9 Å². The van der Waals surface area contributed by atoms with Gasteiger partial charge in [-0.05, 0) is 48.3 Å². The first-order valence-corrected chi connectivity index (χ1v) is 14.3. The minimum Gasteiger partial charge on any atom is -0.358 e. The number of sulfonamides is 1. The zero-order valence-corrected chi connectivity index (χ0v) is 23.0. The number of hydrogen-bond acceptors (Lipinski definition) is 5. The molecule has 0 bridgehead atoms. The average Bonchev–Trinajstić information content (AvgIpc) is 3.15. The number of alkyl halides is 6. The van der Waals surface area contributed by atoms with E-state index < -0.39 is 44.1 Å². The van der Waals surface area contributed by atoms with E-state index in [2.05, 4.69) is 31.9 Å². The van der Waals surface area contributed by atoms with Crippen LogP contribution in [0.25, 0.3) is 0 Å². The number of benzene rings is 2. The van der Waals surface area contributed by atoms with Gasteiger partial charge in [0.05, 0.1) is 22.6 Å².